The second kappa shape index (κ2) is 7.27. The lowest BCUT2D eigenvalue weighted by Crippen LogP contribution is -2.22. The van der Waals surface area contributed by atoms with Crippen LogP contribution in [0.25, 0.3) is 0 Å². The van der Waals surface area contributed by atoms with Gasteiger partial charge < -0.3 is 10.6 Å². The van der Waals surface area contributed by atoms with Crippen LogP contribution in [-0.4, -0.2) is 12.5 Å². The van der Waals surface area contributed by atoms with Crippen LogP contribution in [0.15, 0.2) is 46.9 Å². The summed E-state index contributed by atoms with van der Waals surface area (Å²) in [7, 11) is 0. The minimum Gasteiger partial charge on any atom is -0.376 e. The van der Waals surface area contributed by atoms with Gasteiger partial charge in [0.2, 0.25) is 5.91 Å². The van der Waals surface area contributed by atoms with Crippen molar-refractivity contribution in [1.82, 2.24) is 0 Å². The average Bonchev–Trinajstić information content (AvgIpc) is 2.49. The molecule has 110 valence electrons. The summed E-state index contributed by atoms with van der Waals surface area (Å²) in [6, 6.07) is 13.8. The van der Waals surface area contributed by atoms with Gasteiger partial charge in [-0.1, -0.05) is 47.1 Å². The van der Waals surface area contributed by atoms with E-state index in [1.54, 1.807) is 0 Å². The number of aryl methyl sites for hydroxylation is 2. The molecule has 3 nitrogen and oxygen atoms in total. The number of halogens is 1. The van der Waals surface area contributed by atoms with Crippen molar-refractivity contribution < 1.29 is 4.79 Å². The van der Waals surface area contributed by atoms with Crippen molar-refractivity contribution in [2.45, 2.75) is 20.3 Å². The second-order valence-corrected chi connectivity index (χ2v) is 5.73. The third-order valence-electron chi connectivity index (χ3n) is 3.29. The molecule has 0 aromatic heterocycles. The van der Waals surface area contributed by atoms with E-state index >= 15 is 0 Å². The molecule has 0 atom stereocenters. The number of carbonyl (C=O) groups is 1. The Morgan fingerprint density at radius 1 is 1.19 bits per heavy atom. The molecule has 4 heteroatoms. The molecule has 0 heterocycles. The maximum atomic E-state index is 12.0. The SMILES string of the molecule is CCc1ccccc1NCC(=O)Nc1ccc(C)c(Br)c1. The molecule has 2 aromatic rings. The molecule has 0 unspecified atom stereocenters. The lowest BCUT2D eigenvalue weighted by molar-refractivity contribution is -0.114. The van der Waals surface area contributed by atoms with Crippen LogP contribution >= 0.6 is 15.9 Å². The smallest absolute Gasteiger partial charge is 0.243 e. The number of rotatable bonds is 5. The number of hydrogen-bond donors (Lipinski definition) is 2. The van der Waals surface area contributed by atoms with Gasteiger partial charge in [-0.2, -0.15) is 0 Å². The van der Waals surface area contributed by atoms with E-state index in [0.29, 0.717) is 0 Å². The molecular formula is C17H19BrN2O. The summed E-state index contributed by atoms with van der Waals surface area (Å²) in [6.45, 7) is 4.37. The highest BCUT2D eigenvalue weighted by Gasteiger charge is 2.05. The predicted octanol–water partition coefficient (Wildman–Crippen LogP) is 4.37. The van der Waals surface area contributed by atoms with Gasteiger partial charge >= 0.3 is 0 Å². The van der Waals surface area contributed by atoms with Gasteiger partial charge in [-0.15, -0.1) is 0 Å². The lowest BCUT2D eigenvalue weighted by atomic mass is 10.1. The summed E-state index contributed by atoms with van der Waals surface area (Å²) >= 11 is 3.46. The van der Waals surface area contributed by atoms with Gasteiger partial charge in [0.1, 0.15) is 0 Å². The van der Waals surface area contributed by atoms with Crippen molar-refractivity contribution >= 4 is 33.2 Å². The molecule has 0 aliphatic heterocycles. The lowest BCUT2D eigenvalue weighted by Gasteiger charge is -2.11. The first-order chi connectivity index (χ1) is 10.1. The van der Waals surface area contributed by atoms with E-state index in [1.165, 1.54) is 5.56 Å². The Bertz CT molecular complexity index is 640. The fraction of sp³-hybridized carbons (Fsp3) is 0.235. The molecule has 0 spiro atoms. The zero-order chi connectivity index (χ0) is 15.2. The maximum Gasteiger partial charge on any atom is 0.243 e. The molecule has 0 saturated carbocycles. The van der Waals surface area contributed by atoms with Gasteiger partial charge in [0, 0.05) is 15.8 Å². The van der Waals surface area contributed by atoms with Gasteiger partial charge in [0.25, 0.3) is 0 Å². The van der Waals surface area contributed by atoms with E-state index in [2.05, 4.69) is 39.6 Å². The topological polar surface area (TPSA) is 41.1 Å². The molecule has 2 rings (SSSR count). The summed E-state index contributed by atoms with van der Waals surface area (Å²) in [5.41, 5.74) is 4.16. The predicted molar refractivity (Wildman–Crippen MR) is 91.8 cm³/mol. The van der Waals surface area contributed by atoms with E-state index < -0.39 is 0 Å². The Labute approximate surface area is 133 Å². The highest BCUT2D eigenvalue weighted by molar-refractivity contribution is 9.10. The quantitative estimate of drug-likeness (QED) is 0.843. The third-order valence-corrected chi connectivity index (χ3v) is 4.15. The summed E-state index contributed by atoms with van der Waals surface area (Å²) in [4.78, 5) is 12.0. The van der Waals surface area contributed by atoms with Crippen molar-refractivity contribution in [1.29, 1.82) is 0 Å². The van der Waals surface area contributed by atoms with E-state index in [-0.39, 0.29) is 12.5 Å². The minimum absolute atomic E-state index is 0.0586. The third kappa shape index (κ3) is 4.33. The van der Waals surface area contributed by atoms with Crippen LogP contribution in [0.3, 0.4) is 0 Å². The van der Waals surface area contributed by atoms with Crippen LogP contribution in [0.5, 0.6) is 0 Å². The first kappa shape index (κ1) is 15.6. The highest BCUT2D eigenvalue weighted by Crippen LogP contribution is 2.20. The molecular weight excluding hydrogens is 328 g/mol. The molecule has 0 saturated heterocycles. The summed E-state index contributed by atoms with van der Waals surface area (Å²) in [5.74, 6) is -0.0586. The summed E-state index contributed by atoms with van der Waals surface area (Å²) in [5, 5.41) is 6.07. The van der Waals surface area contributed by atoms with Crippen LogP contribution in [0.2, 0.25) is 0 Å². The fourth-order valence-corrected chi connectivity index (χ4v) is 2.43. The highest BCUT2D eigenvalue weighted by atomic mass is 79.9. The molecule has 0 bridgehead atoms. The van der Waals surface area contributed by atoms with E-state index in [9.17, 15) is 4.79 Å². The Morgan fingerprint density at radius 2 is 1.95 bits per heavy atom. The molecule has 0 aliphatic carbocycles. The van der Waals surface area contributed by atoms with Crippen molar-refractivity contribution in [2.24, 2.45) is 0 Å². The van der Waals surface area contributed by atoms with Crippen LogP contribution in [0, 0.1) is 6.92 Å². The van der Waals surface area contributed by atoms with Gasteiger partial charge in [0.05, 0.1) is 6.54 Å². The summed E-state index contributed by atoms with van der Waals surface area (Å²) in [6.07, 6.45) is 0.940. The number of carbonyl (C=O) groups excluding carboxylic acids is 1. The Hall–Kier alpha value is -1.81. The van der Waals surface area contributed by atoms with Crippen LogP contribution in [-0.2, 0) is 11.2 Å². The zero-order valence-corrected chi connectivity index (χ0v) is 13.8. The number of benzene rings is 2. The maximum absolute atomic E-state index is 12.0. The van der Waals surface area contributed by atoms with Crippen LogP contribution < -0.4 is 10.6 Å². The number of amides is 1. The Kier molecular flexibility index (Phi) is 5.39. The standard InChI is InChI=1S/C17H19BrN2O/c1-3-13-6-4-5-7-16(13)19-11-17(21)20-14-9-8-12(2)15(18)10-14/h4-10,19H,3,11H2,1-2H3,(H,20,21). The van der Waals surface area contributed by atoms with E-state index in [0.717, 1.165) is 27.8 Å². The van der Waals surface area contributed by atoms with Gasteiger partial charge in [-0.05, 0) is 42.7 Å². The molecule has 0 radical (unpaired) electrons. The molecule has 21 heavy (non-hydrogen) atoms. The fourth-order valence-electron chi connectivity index (χ4n) is 2.05. The Morgan fingerprint density at radius 3 is 2.67 bits per heavy atom. The normalized spacial score (nSPS) is 10.2. The van der Waals surface area contributed by atoms with Crippen molar-refractivity contribution in [3.63, 3.8) is 0 Å². The number of hydrogen-bond acceptors (Lipinski definition) is 2. The average molecular weight is 347 g/mol. The first-order valence-corrected chi connectivity index (χ1v) is 7.77. The molecule has 2 aromatic carbocycles. The van der Waals surface area contributed by atoms with Crippen LogP contribution in [0.4, 0.5) is 11.4 Å². The van der Waals surface area contributed by atoms with Gasteiger partial charge in [-0.3, -0.25) is 4.79 Å². The zero-order valence-electron chi connectivity index (χ0n) is 12.2. The summed E-state index contributed by atoms with van der Waals surface area (Å²) < 4.78 is 0.990. The Balaban J connectivity index is 1.94. The van der Waals surface area contributed by atoms with Crippen molar-refractivity contribution in [2.75, 3.05) is 17.2 Å². The van der Waals surface area contributed by atoms with Crippen molar-refractivity contribution in [3.8, 4) is 0 Å². The van der Waals surface area contributed by atoms with Gasteiger partial charge in [-0.25, -0.2) is 0 Å². The second-order valence-electron chi connectivity index (χ2n) is 4.88. The molecule has 0 fully saturated rings. The number of para-hydroxylation sites is 1. The van der Waals surface area contributed by atoms with E-state index in [1.807, 2.05) is 43.3 Å². The number of anilines is 2. The molecule has 0 aliphatic rings. The number of nitrogens with one attached hydrogen (secondary N) is 2. The van der Waals surface area contributed by atoms with Crippen LogP contribution in [0.1, 0.15) is 18.1 Å². The monoisotopic (exact) mass is 346 g/mol. The molecule has 1 amide bonds. The van der Waals surface area contributed by atoms with Gasteiger partial charge in [0.15, 0.2) is 0 Å². The largest absolute Gasteiger partial charge is 0.376 e. The first-order valence-electron chi connectivity index (χ1n) is 6.98. The van der Waals surface area contributed by atoms with Crippen molar-refractivity contribution in [3.05, 3.63) is 58.1 Å². The van der Waals surface area contributed by atoms with E-state index in [4.69, 9.17) is 0 Å². The minimum atomic E-state index is -0.0586. The molecule has 2 N–H and O–H groups in total.